The van der Waals surface area contributed by atoms with E-state index in [1.807, 2.05) is 6.92 Å². The number of nitrogens with zero attached hydrogens (tertiary/aromatic N) is 5. The highest BCUT2D eigenvalue weighted by Gasteiger charge is 2.51. The first kappa shape index (κ1) is 39.2. The summed E-state index contributed by atoms with van der Waals surface area (Å²) in [5, 5.41) is 7.60. The number of alkyl halides is 2. The van der Waals surface area contributed by atoms with E-state index < -0.39 is 47.9 Å². The SMILES string of the molecule is COc1ccc(COC(=O)[C@@]2(C)CCCC[C@H]2C(=O)N2CCc3c(Cl)cc(F)c(OCc4nnn(C)c4C(F)F)c3[C@H]2CN2C[C@H](C)CC2=O)c(OC)c1. The largest absolute Gasteiger partial charge is 0.497 e. The number of rotatable bonds is 12. The van der Waals surface area contributed by atoms with E-state index in [2.05, 4.69) is 10.3 Å². The molecule has 1 saturated heterocycles. The van der Waals surface area contributed by atoms with E-state index in [9.17, 15) is 23.2 Å². The van der Waals surface area contributed by atoms with Gasteiger partial charge in [0, 0.05) is 55.3 Å². The molecule has 1 aromatic heterocycles. The van der Waals surface area contributed by atoms with E-state index in [4.69, 9.17) is 30.5 Å². The lowest BCUT2D eigenvalue weighted by atomic mass is 9.66. The number of amides is 2. The van der Waals surface area contributed by atoms with Gasteiger partial charge in [-0.2, -0.15) is 0 Å². The Bertz CT molecular complexity index is 1910. The summed E-state index contributed by atoms with van der Waals surface area (Å²) in [6.45, 7) is 3.67. The standard InChI is InChI=1S/C38H45ClF3N5O7/c1-21-14-31(48)46(17-21)18-29-32-24(26(39)16-27(40)34(32)53-20-28-33(35(41)42)45(3)44-43-28)11-13-47(29)36(49)25-8-6-7-12-38(25,2)37(50)54-19-22-9-10-23(51-4)15-30(22)52-5/h9-10,15-16,21,25,29,35H,6-8,11-14,17-20H2,1-5H3/t21-,25+,29-,38+/m1/s1. The molecule has 6 rings (SSSR count). The number of likely N-dealkylation sites (tertiary alicyclic amines) is 1. The maximum absolute atomic E-state index is 16.0. The summed E-state index contributed by atoms with van der Waals surface area (Å²) in [6.07, 6.45) is -0.171. The number of carbonyl (C=O) groups excluding carboxylic acids is 3. The zero-order valence-electron chi connectivity index (χ0n) is 31.0. The average molecular weight is 776 g/mol. The first-order chi connectivity index (χ1) is 25.8. The predicted molar refractivity (Wildman–Crippen MR) is 190 cm³/mol. The van der Waals surface area contributed by atoms with Crippen LogP contribution in [0.4, 0.5) is 13.2 Å². The first-order valence-corrected chi connectivity index (χ1v) is 18.4. The minimum Gasteiger partial charge on any atom is -0.497 e. The summed E-state index contributed by atoms with van der Waals surface area (Å²) in [5.41, 5.74) is -0.454. The lowest BCUT2D eigenvalue weighted by molar-refractivity contribution is -0.169. The normalized spacial score (nSPS) is 22.7. The number of halogens is 4. The summed E-state index contributed by atoms with van der Waals surface area (Å²) in [7, 11) is 4.36. The molecule has 0 N–H and O–H groups in total. The molecule has 0 unspecified atom stereocenters. The van der Waals surface area contributed by atoms with Crippen molar-refractivity contribution in [3.05, 3.63) is 63.2 Å². The van der Waals surface area contributed by atoms with E-state index in [1.54, 1.807) is 34.9 Å². The highest BCUT2D eigenvalue weighted by Crippen LogP contribution is 2.48. The molecule has 3 aromatic rings. The molecule has 2 amide bonds. The van der Waals surface area contributed by atoms with Gasteiger partial charge in [0.25, 0.3) is 6.43 Å². The fourth-order valence-electron chi connectivity index (χ4n) is 8.13. The van der Waals surface area contributed by atoms with Gasteiger partial charge in [-0.1, -0.05) is 36.6 Å². The van der Waals surface area contributed by atoms with Crippen molar-refractivity contribution in [3.63, 3.8) is 0 Å². The number of benzene rings is 2. The molecular formula is C38H45ClF3N5O7. The minimum atomic E-state index is -2.91. The van der Waals surface area contributed by atoms with Crippen LogP contribution in [0, 0.1) is 23.1 Å². The van der Waals surface area contributed by atoms with Gasteiger partial charge in [0.15, 0.2) is 11.6 Å². The van der Waals surface area contributed by atoms with Gasteiger partial charge in [-0.15, -0.1) is 5.10 Å². The number of aromatic nitrogens is 3. The van der Waals surface area contributed by atoms with Crippen molar-refractivity contribution in [1.82, 2.24) is 24.8 Å². The number of ether oxygens (including phenoxy) is 4. The molecule has 0 radical (unpaired) electrons. The number of hydrogen-bond donors (Lipinski definition) is 0. The summed E-state index contributed by atoms with van der Waals surface area (Å²) < 4.78 is 67.3. The number of aryl methyl sites for hydroxylation is 1. The van der Waals surface area contributed by atoms with Crippen LogP contribution < -0.4 is 14.2 Å². The van der Waals surface area contributed by atoms with Crippen molar-refractivity contribution in [2.75, 3.05) is 33.9 Å². The maximum atomic E-state index is 16.0. The van der Waals surface area contributed by atoms with Crippen LogP contribution in [-0.2, 0) is 45.8 Å². The van der Waals surface area contributed by atoms with Crippen LogP contribution in [0.25, 0.3) is 0 Å². The van der Waals surface area contributed by atoms with E-state index in [0.29, 0.717) is 61.3 Å². The monoisotopic (exact) mass is 775 g/mol. The zero-order valence-corrected chi connectivity index (χ0v) is 31.8. The summed E-state index contributed by atoms with van der Waals surface area (Å²) in [6, 6.07) is 5.34. The molecule has 3 aliphatic rings. The van der Waals surface area contributed by atoms with Crippen LogP contribution in [-0.4, -0.2) is 76.4 Å². The number of esters is 1. The quantitative estimate of drug-likeness (QED) is 0.193. The van der Waals surface area contributed by atoms with E-state index in [1.165, 1.54) is 21.3 Å². The van der Waals surface area contributed by atoms with Gasteiger partial charge < -0.3 is 28.7 Å². The van der Waals surface area contributed by atoms with Crippen LogP contribution in [0.2, 0.25) is 5.02 Å². The second-order valence-corrected chi connectivity index (χ2v) is 15.0. The molecule has 1 saturated carbocycles. The molecular weight excluding hydrogens is 731 g/mol. The average Bonchev–Trinajstić information content (AvgIpc) is 3.68. The van der Waals surface area contributed by atoms with Crippen LogP contribution in [0.1, 0.15) is 86.5 Å². The lowest BCUT2D eigenvalue weighted by Crippen LogP contribution is -2.53. The number of carbonyl (C=O) groups is 3. The Morgan fingerprint density at radius 1 is 1.13 bits per heavy atom. The van der Waals surface area contributed by atoms with Crippen molar-refractivity contribution in [1.29, 1.82) is 0 Å². The van der Waals surface area contributed by atoms with Gasteiger partial charge in [-0.05, 0) is 55.9 Å². The molecule has 0 bridgehead atoms. The third-order valence-electron chi connectivity index (χ3n) is 11.1. The predicted octanol–water partition coefficient (Wildman–Crippen LogP) is 6.38. The first-order valence-electron chi connectivity index (χ1n) is 18.0. The van der Waals surface area contributed by atoms with Gasteiger partial charge in [-0.3, -0.25) is 14.4 Å². The molecule has 292 valence electrons. The van der Waals surface area contributed by atoms with E-state index in [-0.39, 0.29) is 65.9 Å². The summed E-state index contributed by atoms with van der Waals surface area (Å²) >= 11 is 6.65. The Kier molecular flexibility index (Phi) is 11.6. The molecule has 2 fully saturated rings. The van der Waals surface area contributed by atoms with Gasteiger partial charge in [0.05, 0.1) is 31.6 Å². The summed E-state index contributed by atoms with van der Waals surface area (Å²) in [4.78, 5) is 45.4. The Balaban J connectivity index is 1.34. The van der Waals surface area contributed by atoms with Gasteiger partial charge >= 0.3 is 5.97 Å². The summed E-state index contributed by atoms with van der Waals surface area (Å²) in [5.74, 6) is -1.80. The van der Waals surface area contributed by atoms with Crippen LogP contribution in [0.5, 0.6) is 17.2 Å². The molecule has 1 aliphatic carbocycles. The minimum absolute atomic E-state index is 0.0105. The van der Waals surface area contributed by atoms with Crippen molar-refractivity contribution in [2.24, 2.45) is 24.3 Å². The molecule has 3 heterocycles. The van der Waals surface area contributed by atoms with Gasteiger partial charge in [-0.25, -0.2) is 17.9 Å². The molecule has 0 spiro atoms. The Hall–Kier alpha value is -4.53. The zero-order chi connectivity index (χ0) is 38.9. The van der Waals surface area contributed by atoms with Crippen molar-refractivity contribution < 1.29 is 46.5 Å². The highest BCUT2D eigenvalue weighted by atomic mass is 35.5. The molecule has 54 heavy (non-hydrogen) atoms. The van der Waals surface area contributed by atoms with Crippen LogP contribution >= 0.6 is 11.6 Å². The van der Waals surface area contributed by atoms with E-state index in [0.717, 1.165) is 10.7 Å². The Morgan fingerprint density at radius 3 is 2.59 bits per heavy atom. The third kappa shape index (κ3) is 7.56. The smallest absolute Gasteiger partial charge is 0.312 e. The van der Waals surface area contributed by atoms with Crippen molar-refractivity contribution in [2.45, 2.75) is 78.1 Å². The lowest BCUT2D eigenvalue weighted by Gasteiger charge is -2.45. The van der Waals surface area contributed by atoms with Gasteiger partial charge in [0.1, 0.15) is 36.1 Å². The third-order valence-corrected chi connectivity index (χ3v) is 11.4. The Morgan fingerprint density at radius 2 is 1.91 bits per heavy atom. The maximum Gasteiger partial charge on any atom is 0.312 e. The Labute approximate surface area is 316 Å². The van der Waals surface area contributed by atoms with Crippen molar-refractivity contribution in [3.8, 4) is 17.2 Å². The molecule has 16 heteroatoms. The molecule has 2 aliphatic heterocycles. The second kappa shape index (κ2) is 16.1. The topological polar surface area (TPSA) is 125 Å². The molecule has 4 atom stereocenters. The molecule has 2 aromatic carbocycles. The van der Waals surface area contributed by atoms with Crippen LogP contribution in [0.15, 0.2) is 24.3 Å². The second-order valence-electron chi connectivity index (χ2n) is 14.6. The highest BCUT2D eigenvalue weighted by molar-refractivity contribution is 6.31. The fraction of sp³-hybridized carbons (Fsp3) is 0.553. The fourth-order valence-corrected chi connectivity index (χ4v) is 8.43. The number of methoxy groups -OCH3 is 2. The molecule has 12 nitrogen and oxygen atoms in total. The number of fused-ring (bicyclic) bond motifs is 1. The van der Waals surface area contributed by atoms with E-state index >= 15 is 4.39 Å². The van der Waals surface area contributed by atoms with Gasteiger partial charge in [0.2, 0.25) is 11.8 Å². The van der Waals surface area contributed by atoms with Crippen molar-refractivity contribution >= 4 is 29.4 Å². The van der Waals surface area contributed by atoms with Crippen LogP contribution in [0.3, 0.4) is 0 Å². The number of hydrogen-bond acceptors (Lipinski definition) is 9.